The molecule has 2 aromatic rings. The average molecular weight is 403 g/mol. The molecule has 12 heteroatoms. The lowest BCUT2D eigenvalue weighted by molar-refractivity contribution is -0.392. The molecule has 0 saturated carbocycles. The third-order valence-corrected chi connectivity index (χ3v) is 3.79. The number of amides is 1. The number of nitrogens with zero attached hydrogens (tertiary/aromatic N) is 4. The molecule has 152 valence electrons. The number of hydrogen-bond donors (Lipinski definition) is 2. The number of anilines is 1. The SMILES string of the molecule is COc1cccc(C=NNC(=O)c2cc([N+](=O)[O-])c(N(C)C)c([N+](=O)[O-])c2)c1O. The second-order valence-electron chi connectivity index (χ2n) is 5.87. The minimum absolute atomic E-state index is 0.199. The Balaban J connectivity index is 2.36. The lowest BCUT2D eigenvalue weighted by Gasteiger charge is -2.13. The second kappa shape index (κ2) is 8.65. The first-order chi connectivity index (χ1) is 13.7. The van der Waals surface area contributed by atoms with E-state index in [0.717, 1.165) is 18.3 Å². The number of hydrazone groups is 1. The molecule has 0 spiro atoms. The van der Waals surface area contributed by atoms with Crippen molar-refractivity contribution in [3.63, 3.8) is 0 Å². The monoisotopic (exact) mass is 403 g/mol. The number of ether oxygens (including phenoxy) is 1. The molecule has 0 heterocycles. The number of carbonyl (C=O) groups excluding carboxylic acids is 1. The fourth-order valence-corrected chi connectivity index (χ4v) is 2.51. The summed E-state index contributed by atoms with van der Waals surface area (Å²) in [6, 6.07) is 6.48. The maximum absolute atomic E-state index is 12.3. The number of nitrogens with one attached hydrogen (secondary N) is 1. The molecule has 12 nitrogen and oxygen atoms in total. The Morgan fingerprint density at radius 2 is 1.79 bits per heavy atom. The number of phenolic OH excluding ortho intramolecular Hbond substituents is 1. The van der Waals surface area contributed by atoms with Crippen molar-refractivity contribution in [1.29, 1.82) is 0 Å². The van der Waals surface area contributed by atoms with Crippen LogP contribution in [0.1, 0.15) is 15.9 Å². The van der Waals surface area contributed by atoms with Crippen LogP contribution in [-0.4, -0.2) is 48.3 Å². The Morgan fingerprint density at radius 1 is 1.21 bits per heavy atom. The van der Waals surface area contributed by atoms with Crippen LogP contribution in [0.3, 0.4) is 0 Å². The van der Waals surface area contributed by atoms with Crippen molar-refractivity contribution >= 4 is 29.2 Å². The number of nitro benzene ring substituents is 2. The van der Waals surface area contributed by atoms with Gasteiger partial charge in [-0.1, -0.05) is 6.07 Å². The third-order valence-electron chi connectivity index (χ3n) is 3.79. The number of para-hydroxylation sites is 1. The molecular formula is C17H17N5O7. The molecule has 0 fully saturated rings. The summed E-state index contributed by atoms with van der Waals surface area (Å²) in [4.78, 5) is 34.6. The van der Waals surface area contributed by atoms with E-state index in [1.54, 1.807) is 6.07 Å². The van der Waals surface area contributed by atoms with Crippen molar-refractivity contribution in [2.75, 3.05) is 26.1 Å². The molecule has 0 radical (unpaired) electrons. The van der Waals surface area contributed by atoms with Gasteiger partial charge >= 0.3 is 0 Å². The molecule has 0 saturated heterocycles. The largest absolute Gasteiger partial charge is 0.504 e. The van der Waals surface area contributed by atoms with Crippen LogP contribution in [0.15, 0.2) is 35.4 Å². The molecule has 0 unspecified atom stereocenters. The van der Waals surface area contributed by atoms with Crippen LogP contribution in [-0.2, 0) is 0 Å². The van der Waals surface area contributed by atoms with Gasteiger partial charge in [0.15, 0.2) is 17.2 Å². The van der Waals surface area contributed by atoms with Crippen LogP contribution >= 0.6 is 0 Å². The highest BCUT2D eigenvalue weighted by molar-refractivity contribution is 5.98. The first-order valence-corrected chi connectivity index (χ1v) is 8.00. The number of phenols is 1. The minimum Gasteiger partial charge on any atom is -0.504 e. The molecule has 0 aliphatic rings. The highest BCUT2D eigenvalue weighted by Crippen LogP contribution is 2.37. The summed E-state index contributed by atoms with van der Waals surface area (Å²) in [6.07, 6.45) is 1.13. The Bertz CT molecular complexity index is 969. The van der Waals surface area contributed by atoms with Crippen LogP contribution in [0.25, 0.3) is 0 Å². The van der Waals surface area contributed by atoms with Crippen LogP contribution in [0.2, 0.25) is 0 Å². The summed E-state index contributed by atoms with van der Waals surface area (Å²) < 4.78 is 4.95. The highest BCUT2D eigenvalue weighted by Gasteiger charge is 2.29. The van der Waals surface area contributed by atoms with Crippen LogP contribution < -0.4 is 15.1 Å². The van der Waals surface area contributed by atoms with Crippen LogP contribution in [0.5, 0.6) is 11.5 Å². The fraction of sp³-hybridized carbons (Fsp3) is 0.176. The maximum Gasteiger partial charge on any atom is 0.300 e. The molecule has 29 heavy (non-hydrogen) atoms. The van der Waals surface area contributed by atoms with E-state index in [1.807, 2.05) is 0 Å². The lowest BCUT2D eigenvalue weighted by Crippen LogP contribution is -2.20. The molecule has 2 aromatic carbocycles. The molecule has 1 amide bonds. The number of methoxy groups -OCH3 is 1. The summed E-state index contributed by atoms with van der Waals surface area (Å²) in [6.45, 7) is 0. The van der Waals surface area contributed by atoms with Gasteiger partial charge in [-0.2, -0.15) is 5.10 Å². The van der Waals surface area contributed by atoms with Gasteiger partial charge < -0.3 is 14.7 Å². The number of rotatable bonds is 7. The van der Waals surface area contributed by atoms with Gasteiger partial charge in [-0.25, -0.2) is 5.43 Å². The minimum atomic E-state index is -0.903. The van der Waals surface area contributed by atoms with E-state index in [4.69, 9.17) is 4.74 Å². The van der Waals surface area contributed by atoms with E-state index in [1.165, 1.54) is 38.2 Å². The van der Waals surface area contributed by atoms with E-state index in [-0.39, 0.29) is 28.3 Å². The summed E-state index contributed by atoms with van der Waals surface area (Å²) in [5.41, 5.74) is 0.612. The summed E-state index contributed by atoms with van der Waals surface area (Å²) in [7, 11) is 4.20. The summed E-state index contributed by atoms with van der Waals surface area (Å²) in [5, 5.41) is 36.3. The van der Waals surface area contributed by atoms with Crippen molar-refractivity contribution in [2.45, 2.75) is 0 Å². The quantitative estimate of drug-likeness (QED) is 0.403. The van der Waals surface area contributed by atoms with Gasteiger partial charge in [-0.05, 0) is 12.1 Å². The Labute approximate surface area is 164 Å². The number of carbonyl (C=O) groups is 1. The molecule has 0 atom stereocenters. The molecule has 0 aliphatic carbocycles. The first-order valence-electron chi connectivity index (χ1n) is 8.00. The van der Waals surface area contributed by atoms with Gasteiger partial charge in [-0.15, -0.1) is 0 Å². The fourth-order valence-electron chi connectivity index (χ4n) is 2.51. The standard InChI is InChI=1S/C17H17N5O7/c1-20(2)15-12(21(25)26)7-11(8-13(15)22(27)28)17(24)19-18-9-10-5-4-6-14(29-3)16(10)23/h4-9,23H,1-3H3,(H,19,24). The van der Waals surface area contributed by atoms with Gasteiger partial charge in [0.2, 0.25) is 0 Å². The van der Waals surface area contributed by atoms with Crippen molar-refractivity contribution in [1.82, 2.24) is 5.43 Å². The van der Waals surface area contributed by atoms with E-state index >= 15 is 0 Å². The van der Waals surface area contributed by atoms with Crippen LogP contribution in [0.4, 0.5) is 17.1 Å². The summed E-state index contributed by atoms with van der Waals surface area (Å²) >= 11 is 0. The van der Waals surface area contributed by atoms with Gasteiger partial charge in [0.05, 0.1) is 28.7 Å². The Morgan fingerprint density at radius 3 is 2.28 bits per heavy atom. The zero-order valence-corrected chi connectivity index (χ0v) is 15.6. The molecule has 0 aliphatic heterocycles. The van der Waals surface area contributed by atoms with E-state index in [2.05, 4.69) is 10.5 Å². The van der Waals surface area contributed by atoms with E-state index in [9.17, 15) is 30.1 Å². The van der Waals surface area contributed by atoms with Crippen molar-refractivity contribution in [3.05, 3.63) is 61.7 Å². The second-order valence-corrected chi connectivity index (χ2v) is 5.87. The zero-order chi connectivity index (χ0) is 21.7. The normalized spacial score (nSPS) is 10.6. The Kier molecular flexibility index (Phi) is 6.29. The van der Waals surface area contributed by atoms with Gasteiger partial charge in [0.25, 0.3) is 17.3 Å². The number of hydrogen-bond acceptors (Lipinski definition) is 9. The third kappa shape index (κ3) is 4.55. The molecule has 0 bridgehead atoms. The molecule has 2 N–H and O–H groups in total. The maximum atomic E-state index is 12.3. The number of nitro groups is 2. The van der Waals surface area contributed by atoms with Gasteiger partial charge in [-0.3, -0.25) is 25.0 Å². The van der Waals surface area contributed by atoms with E-state index in [0.29, 0.717) is 0 Å². The van der Waals surface area contributed by atoms with Crippen molar-refractivity contribution < 1.29 is 24.5 Å². The molecule has 2 rings (SSSR count). The predicted molar refractivity (Wildman–Crippen MR) is 104 cm³/mol. The van der Waals surface area contributed by atoms with Crippen molar-refractivity contribution in [3.8, 4) is 11.5 Å². The topological polar surface area (TPSA) is 160 Å². The summed E-state index contributed by atoms with van der Waals surface area (Å²) in [5.74, 6) is -0.902. The van der Waals surface area contributed by atoms with Crippen LogP contribution in [0, 0.1) is 20.2 Å². The molecular weight excluding hydrogens is 386 g/mol. The van der Waals surface area contributed by atoms with E-state index < -0.39 is 27.1 Å². The zero-order valence-electron chi connectivity index (χ0n) is 15.6. The highest BCUT2D eigenvalue weighted by atomic mass is 16.6. The number of benzene rings is 2. The average Bonchev–Trinajstić information content (AvgIpc) is 2.67. The smallest absolute Gasteiger partial charge is 0.300 e. The number of aromatic hydroxyl groups is 1. The predicted octanol–water partition coefficient (Wildman–Crippen LogP) is 2.05. The van der Waals surface area contributed by atoms with Crippen molar-refractivity contribution in [2.24, 2.45) is 5.10 Å². The van der Waals surface area contributed by atoms with Gasteiger partial charge in [0, 0.05) is 31.8 Å². The molecule has 0 aromatic heterocycles. The Hall–Kier alpha value is -4.22. The van der Waals surface area contributed by atoms with Gasteiger partial charge in [0.1, 0.15) is 0 Å². The first kappa shape index (κ1) is 21.1. The lowest BCUT2D eigenvalue weighted by atomic mass is 10.1.